The fraction of sp³-hybridized carbons (Fsp3) is 0.417. The van der Waals surface area contributed by atoms with Crippen molar-refractivity contribution in [2.24, 2.45) is 5.41 Å². The van der Waals surface area contributed by atoms with E-state index in [1.54, 1.807) is 12.1 Å². The molecular weight excluding hydrogens is 245 g/mol. The predicted octanol–water partition coefficient (Wildman–Crippen LogP) is 3.05. The van der Waals surface area contributed by atoms with Crippen molar-refractivity contribution in [2.75, 3.05) is 6.61 Å². The number of hydrogen-bond donors (Lipinski definition) is 1. The van der Waals surface area contributed by atoms with E-state index in [0.717, 1.165) is 5.56 Å². The summed E-state index contributed by atoms with van der Waals surface area (Å²) < 4.78 is 17.8. The Bertz CT molecular complexity index is 405. The van der Waals surface area contributed by atoms with Gasteiger partial charge in [0.05, 0.1) is 6.04 Å². The highest BCUT2D eigenvalue weighted by molar-refractivity contribution is 5.85. The molecule has 1 atom stereocenters. The van der Waals surface area contributed by atoms with Gasteiger partial charge in [-0.05, 0) is 17.7 Å². The Morgan fingerprint density at radius 1 is 1.35 bits per heavy atom. The Morgan fingerprint density at radius 2 is 1.94 bits per heavy atom. The van der Waals surface area contributed by atoms with Gasteiger partial charge in [0.25, 0.3) is 0 Å². The molecule has 0 spiro atoms. The molecule has 17 heavy (non-hydrogen) atoms. The van der Waals surface area contributed by atoms with Gasteiger partial charge in [0.15, 0.2) is 0 Å². The van der Waals surface area contributed by atoms with Crippen LogP contribution in [-0.2, 0) is 4.74 Å². The van der Waals surface area contributed by atoms with Crippen molar-refractivity contribution in [3.8, 4) is 0 Å². The lowest BCUT2D eigenvalue weighted by Crippen LogP contribution is -2.46. The number of hydrogen-bond acceptors (Lipinski definition) is 2. The summed E-state index contributed by atoms with van der Waals surface area (Å²) >= 11 is 0. The van der Waals surface area contributed by atoms with Gasteiger partial charge < -0.3 is 10.1 Å². The molecule has 1 aliphatic rings. The first-order chi connectivity index (χ1) is 7.49. The normalized spacial score (nSPS) is 22.1. The number of carbonyl (C=O) groups is 1. The fourth-order valence-electron chi connectivity index (χ4n) is 1.88. The summed E-state index contributed by atoms with van der Waals surface area (Å²) in [6.07, 6.45) is -0.423. The zero-order valence-corrected chi connectivity index (χ0v) is 10.5. The van der Waals surface area contributed by atoms with Crippen LogP contribution < -0.4 is 5.32 Å². The van der Waals surface area contributed by atoms with Crippen molar-refractivity contribution < 1.29 is 13.9 Å². The van der Waals surface area contributed by atoms with Crippen LogP contribution in [0.15, 0.2) is 24.3 Å². The number of halogens is 2. The molecule has 1 aromatic carbocycles. The van der Waals surface area contributed by atoms with Crippen molar-refractivity contribution in [1.82, 2.24) is 5.32 Å². The number of alkyl carbamates (subject to hydrolysis) is 1. The largest absolute Gasteiger partial charge is 0.449 e. The summed E-state index contributed by atoms with van der Waals surface area (Å²) in [4.78, 5) is 11.2. The average molecular weight is 260 g/mol. The zero-order valence-electron chi connectivity index (χ0n) is 9.70. The molecular formula is C12H15ClFNO2. The SMILES string of the molecule is CC1(C)COC(=O)N[C@@H]1c1ccc(F)cc1.Cl. The molecule has 1 aliphatic heterocycles. The summed E-state index contributed by atoms with van der Waals surface area (Å²) in [7, 11) is 0. The topological polar surface area (TPSA) is 38.3 Å². The minimum Gasteiger partial charge on any atom is -0.449 e. The van der Waals surface area contributed by atoms with Crippen molar-refractivity contribution in [3.63, 3.8) is 0 Å². The molecule has 0 aliphatic carbocycles. The maximum absolute atomic E-state index is 12.8. The Morgan fingerprint density at radius 3 is 2.53 bits per heavy atom. The second-order valence-corrected chi connectivity index (χ2v) is 4.69. The molecule has 1 saturated heterocycles. The first kappa shape index (κ1) is 13.8. The van der Waals surface area contributed by atoms with E-state index in [4.69, 9.17) is 4.74 Å². The van der Waals surface area contributed by atoms with Gasteiger partial charge in [0.2, 0.25) is 0 Å². The van der Waals surface area contributed by atoms with Crippen LogP contribution in [0.5, 0.6) is 0 Å². The minimum absolute atomic E-state index is 0. The van der Waals surface area contributed by atoms with Gasteiger partial charge in [0, 0.05) is 5.41 Å². The van der Waals surface area contributed by atoms with Crippen LogP contribution in [-0.4, -0.2) is 12.7 Å². The third kappa shape index (κ3) is 2.88. The number of nitrogens with one attached hydrogen (secondary N) is 1. The molecule has 0 aromatic heterocycles. The standard InChI is InChI=1S/C12H14FNO2.ClH/c1-12(2)7-16-11(15)14-10(12)8-3-5-9(13)6-4-8;/h3-6,10H,7H2,1-2H3,(H,14,15);1H/t10-;/m1./s1. The highest BCUT2D eigenvalue weighted by atomic mass is 35.5. The zero-order chi connectivity index (χ0) is 11.8. The van der Waals surface area contributed by atoms with Gasteiger partial charge in [-0.2, -0.15) is 0 Å². The van der Waals surface area contributed by atoms with Crippen molar-refractivity contribution in [2.45, 2.75) is 19.9 Å². The predicted molar refractivity (Wildman–Crippen MR) is 64.7 cm³/mol. The number of rotatable bonds is 1. The molecule has 2 rings (SSSR count). The first-order valence-corrected chi connectivity index (χ1v) is 5.18. The Hall–Kier alpha value is -1.29. The van der Waals surface area contributed by atoms with Crippen LogP contribution >= 0.6 is 12.4 Å². The molecule has 5 heteroatoms. The minimum atomic E-state index is -0.423. The second kappa shape index (κ2) is 4.92. The van der Waals surface area contributed by atoms with Crippen molar-refractivity contribution in [1.29, 1.82) is 0 Å². The number of amides is 1. The van der Waals surface area contributed by atoms with Crippen LogP contribution in [0.25, 0.3) is 0 Å². The van der Waals surface area contributed by atoms with E-state index in [1.165, 1.54) is 12.1 Å². The third-order valence-corrected chi connectivity index (χ3v) is 2.82. The molecule has 94 valence electrons. The van der Waals surface area contributed by atoms with Crippen molar-refractivity contribution in [3.05, 3.63) is 35.6 Å². The van der Waals surface area contributed by atoms with Gasteiger partial charge in [-0.25, -0.2) is 9.18 Å². The quantitative estimate of drug-likeness (QED) is 0.842. The second-order valence-electron chi connectivity index (χ2n) is 4.69. The van der Waals surface area contributed by atoms with Crippen LogP contribution in [0.1, 0.15) is 25.5 Å². The van der Waals surface area contributed by atoms with Gasteiger partial charge in [-0.15, -0.1) is 12.4 Å². The van der Waals surface area contributed by atoms with E-state index in [-0.39, 0.29) is 29.7 Å². The van der Waals surface area contributed by atoms with Gasteiger partial charge in [-0.3, -0.25) is 0 Å². The van der Waals surface area contributed by atoms with E-state index in [0.29, 0.717) is 6.61 Å². The molecule has 1 aromatic rings. The summed E-state index contributed by atoms with van der Waals surface area (Å²) in [5, 5.41) is 2.76. The van der Waals surface area contributed by atoms with E-state index in [2.05, 4.69) is 5.32 Å². The lowest BCUT2D eigenvalue weighted by atomic mass is 9.80. The molecule has 0 unspecified atom stereocenters. The molecule has 0 radical (unpaired) electrons. The summed E-state index contributed by atoms with van der Waals surface area (Å²) in [6.45, 7) is 4.36. The van der Waals surface area contributed by atoms with Crippen LogP contribution in [0.4, 0.5) is 9.18 Å². The lowest BCUT2D eigenvalue weighted by molar-refractivity contribution is 0.0387. The Kier molecular flexibility index (Phi) is 3.98. The molecule has 0 bridgehead atoms. The molecule has 1 heterocycles. The Labute approximate surface area is 106 Å². The number of ether oxygens (including phenoxy) is 1. The van der Waals surface area contributed by atoms with Gasteiger partial charge in [-0.1, -0.05) is 26.0 Å². The van der Waals surface area contributed by atoms with E-state index < -0.39 is 6.09 Å². The molecule has 1 fully saturated rings. The highest BCUT2D eigenvalue weighted by Crippen LogP contribution is 2.36. The molecule has 1 amide bonds. The van der Waals surface area contributed by atoms with Crippen LogP contribution in [0, 0.1) is 11.2 Å². The van der Waals surface area contributed by atoms with Crippen molar-refractivity contribution >= 4 is 18.5 Å². The van der Waals surface area contributed by atoms with Gasteiger partial charge >= 0.3 is 6.09 Å². The molecule has 1 N–H and O–H groups in total. The maximum Gasteiger partial charge on any atom is 0.407 e. The average Bonchev–Trinajstić information content (AvgIpc) is 2.23. The molecule has 3 nitrogen and oxygen atoms in total. The number of cyclic esters (lactones) is 1. The van der Waals surface area contributed by atoms with E-state index in [9.17, 15) is 9.18 Å². The maximum atomic E-state index is 12.8. The number of benzene rings is 1. The summed E-state index contributed by atoms with van der Waals surface area (Å²) in [5.41, 5.74) is 0.689. The summed E-state index contributed by atoms with van der Waals surface area (Å²) in [5.74, 6) is -0.278. The monoisotopic (exact) mass is 259 g/mol. The fourth-order valence-corrected chi connectivity index (χ4v) is 1.88. The number of carbonyl (C=O) groups excluding carboxylic acids is 1. The van der Waals surface area contributed by atoms with Crippen LogP contribution in [0.3, 0.4) is 0 Å². The van der Waals surface area contributed by atoms with Crippen LogP contribution in [0.2, 0.25) is 0 Å². The molecule has 0 saturated carbocycles. The Balaban J connectivity index is 0.00000144. The van der Waals surface area contributed by atoms with Gasteiger partial charge in [0.1, 0.15) is 12.4 Å². The van der Waals surface area contributed by atoms with E-state index in [1.807, 2.05) is 13.8 Å². The first-order valence-electron chi connectivity index (χ1n) is 5.18. The smallest absolute Gasteiger partial charge is 0.407 e. The third-order valence-electron chi connectivity index (χ3n) is 2.82. The summed E-state index contributed by atoms with van der Waals surface area (Å²) in [6, 6.07) is 6.02. The highest BCUT2D eigenvalue weighted by Gasteiger charge is 2.37. The lowest BCUT2D eigenvalue weighted by Gasteiger charge is -2.38. The van der Waals surface area contributed by atoms with E-state index >= 15 is 0 Å².